The number of Topliss-reactive ketones (excluding diaryl/α,β-unsaturated/α-hetero) is 1. The van der Waals surface area contributed by atoms with Crippen LogP contribution in [0.15, 0.2) is 11.8 Å². The second-order valence-electron chi connectivity index (χ2n) is 7.05. The molecular weight excluding hydrogens is 364 g/mol. The number of carbonyl (C=O) groups excluding carboxylic acids is 2. The number of esters is 1. The number of aliphatic hydroxyl groups excluding tert-OH is 4. The van der Waals surface area contributed by atoms with Crippen molar-refractivity contribution in [3.8, 4) is 0 Å². The van der Waals surface area contributed by atoms with E-state index in [1.165, 1.54) is 13.4 Å². The van der Waals surface area contributed by atoms with Crippen molar-refractivity contribution in [3.05, 3.63) is 11.8 Å². The smallest absolute Gasteiger partial charge is 0.337 e. The third-order valence-corrected chi connectivity index (χ3v) is 5.55. The number of aliphatic hydroxyl groups is 4. The van der Waals surface area contributed by atoms with Crippen LogP contribution in [0.1, 0.15) is 13.3 Å². The summed E-state index contributed by atoms with van der Waals surface area (Å²) < 4.78 is 21.2. The molecule has 1 aliphatic carbocycles. The molecule has 9 unspecified atom stereocenters. The Bertz CT molecular complexity index is 617. The van der Waals surface area contributed by atoms with E-state index in [0.717, 1.165) is 0 Å². The van der Waals surface area contributed by atoms with E-state index in [4.69, 9.17) is 18.9 Å². The third-order valence-electron chi connectivity index (χ3n) is 5.55. The molecule has 0 amide bonds. The van der Waals surface area contributed by atoms with Gasteiger partial charge in [0.15, 0.2) is 6.29 Å². The van der Waals surface area contributed by atoms with Gasteiger partial charge in [-0.15, -0.1) is 0 Å². The Balaban J connectivity index is 1.81. The molecule has 0 radical (unpaired) electrons. The van der Waals surface area contributed by atoms with Crippen molar-refractivity contribution in [2.75, 3.05) is 13.7 Å². The van der Waals surface area contributed by atoms with Gasteiger partial charge in [-0.1, -0.05) is 6.92 Å². The van der Waals surface area contributed by atoms with E-state index in [1.807, 2.05) is 0 Å². The predicted molar refractivity (Wildman–Crippen MR) is 85.6 cm³/mol. The summed E-state index contributed by atoms with van der Waals surface area (Å²) in [6, 6.07) is 0. The number of hydrogen-bond acceptors (Lipinski definition) is 10. The number of rotatable bonds is 4. The van der Waals surface area contributed by atoms with Gasteiger partial charge in [0, 0.05) is 24.2 Å². The summed E-state index contributed by atoms with van der Waals surface area (Å²) in [5.74, 6) is -2.13. The lowest BCUT2D eigenvalue weighted by molar-refractivity contribution is -0.342. The summed E-state index contributed by atoms with van der Waals surface area (Å²) in [5.41, 5.74) is 0.230. The molecule has 0 bridgehead atoms. The van der Waals surface area contributed by atoms with Crippen LogP contribution in [-0.4, -0.2) is 82.9 Å². The maximum Gasteiger partial charge on any atom is 0.337 e. The van der Waals surface area contributed by atoms with E-state index in [-0.39, 0.29) is 17.8 Å². The average molecular weight is 388 g/mol. The first kappa shape index (κ1) is 20.2. The summed E-state index contributed by atoms with van der Waals surface area (Å²) in [7, 11) is 1.23. The van der Waals surface area contributed by atoms with Crippen LogP contribution in [-0.2, 0) is 28.5 Å². The van der Waals surface area contributed by atoms with Crippen LogP contribution < -0.4 is 0 Å². The largest absolute Gasteiger partial charge is 0.472 e. The molecule has 2 heterocycles. The summed E-state index contributed by atoms with van der Waals surface area (Å²) in [6.07, 6.45) is -6.96. The third kappa shape index (κ3) is 3.48. The monoisotopic (exact) mass is 388 g/mol. The van der Waals surface area contributed by atoms with Crippen LogP contribution >= 0.6 is 0 Å². The topological polar surface area (TPSA) is 152 Å². The van der Waals surface area contributed by atoms with Gasteiger partial charge in [0.1, 0.15) is 30.2 Å². The Kier molecular flexibility index (Phi) is 5.84. The van der Waals surface area contributed by atoms with Gasteiger partial charge in [-0.3, -0.25) is 4.79 Å². The van der Waals surface area contributed by atoms with Crippen molar-refractivity contribution >= 4 is 11.8 Å². The van der Waals surface area contributed by atoms with Gasteiger partial charge in [0.05, 0.1) is 25.6 Å². The molecule has 0 spiro atoms. The number of hydrogen-bond donors (Lipinski definition) is 4. The van der Waals surface area contributed by atoms with E-state index in [2.05, 4.69) is 0 Å². The minimum Gasteiger partial charge on any atom is -0.472 e. The van der Waals surface area contributed by atoms with Crippen LogP contribution in [0, 0.1) is 17.8 Å². The molecule has 2 fully saturated rings. The van der Waals surface area contributed by atoms with E-state index >= 15 is 0 Å². The van der Waals surface area contributed by atoms with Crippen molar-refractivity contribution in [3.63, 3.8) is 0 Å². The zero-order chi connectivity index (χ0) is 19.9. The molecule has 0 aromatic rings. The lowest BCUT2D eigenvalue weighted by atomic mass is 9.83. The molecule has 1 saturated carbocycles. The van der Waals surface area contributed by atoms with Crippen molar-refractivity contribution < 1.29 is 49.0 Å². The highest BCUT2D eigenvalue weighted by molar-refractivity contribution is 5.92. The van der Waals surface area contributed by atoms with Gasteiger partial charge >= 0.3 is 5.97 Å². The Morgan fingerprint density at radius 2 is 1.93 bits per heavy atom. The Morgan fingerprint density at radius 1 is 1.22 bits per heavy atom. The molecule has 10 nitrogen and oxygen atoms in total. The summed E-state index contributed by atoms with van der Waals surface area (Å²) in [4.78, 5) is 24.2. The molecule has 4 N–H and O–H groups in total. The number of ketones is 1. The number of methoxy groups -OCH3 is 1. The quantitative estimate of drug-likeness (QED) is 0.400. The standard InChI is InChI=1S/C17H24O10/c1-6-9(19)3-7-8(15(23)24-2)5-25-16(11(6)7)27-17-14(22)13(21)12(20)10(4-18)26-17/h5-7,10-14,16-18,20-22H,3-4H2,1-2H3. The van der Waals surface area contributed by atoms with Gasteiger partial charge in [-0.2, -0.15) is 0 Å². The fraction of sp³-hybridized carbons (Fsp3) is 0.765. The Hall–Kier alpha value is -1.56. The first-order valence-corrected chi connectivity index (χ1v) is 8.72. The number of ether oxygens (including phenoxy) is 4. The molecule has 1 saturated heterocycles. The summed E-state index contributed by atoms with van der Waals surface area (Å²) in [5, 5.41) is 39.1. The molecule has 0 aromatic heterocycles. The van der Waals surface area contributed by atoms with Crippen molar-refractivity contribution in [1.82, 2.24) is 0 Å². The highest BCUT2D eigenvalue weighted by Crippen LogP contribution is 2.45. The lowest BCUT2D eigenvalue weighted by Crippen LogP contribution is -2.60. The molecule has 152 valence electrons. The predicted octanol–water partition coefficient (Wildman–Crippen LogP) is -1.94. The maximum atomic E-state index is 12.2. The molecule has 0 aromatic carbocycles. The normalized spacial score (nSPS) is 44.3. The van der Waals surface area contributed by atoms with Gasteiger partial charge in [0.2, 0.25) is 6.29 Å². The van der Waals surface area contributed by atoms with Crippen LogP contribution in [0.3, 0.4) is 0 Å². The van der Waals surface area contributed by atoms with Crippen LogP contribution in [0.25, 0.3) is 0 Å². The van der Waals surface area contributed by atoms with E-state index in [9.17, 15) is 30.0 Å². The average Bonchev–Trinajstić information content (AvgIpc) is 2.96. The highest BCUT2D eigenvalue weighted by atomic mass is 16.8. The number of carbonyl (C=O) groups is 2. The zero-order valence-electron chi connectivity index (χ0n) is 14.9. The Morgan fingerprint density at radius 3 is 2.56 bits per heavy atom. The highest BCUT2D eigenvalue weighted by Gasteiger charge is 2.53. The molecule has 10 heteroatoms. The van der Waals surface area contributed by atoms with Gasteiger partial charge in [-0.05, 0) is 0 Å². The van der Waals surface area contributed by atoms with Gasteiger partial charge < -0.3 is 39.4 Å². The second-order valence-corrected chi connectivity index (χ2v) is 7.05. The lowest BCUT2D eigenvalue weighted by Gasteiger charge is -2.42. The molecule has 27 heavy (non-hydrogen) atoms. The summed E-state index contributed by atoms with van der Waals surface area (Å²) in [6.45, 7) is 1.10. The first-order valence-electron chi connectivity index (χ1n) is 8.72. The molecule has 3 aliphatic rings. The second kappa shape index (κ2) is 7.82. The van der Waals surface area contributed by atoms with Gasteiger partial charge in [-0.25, -0.2) is 4.79 Å². The fourth-order valence-electron chi connectivity index (χ4n) is 3.92. The minimum atomic E-state index is -1.59. The van der Waals surface area contributed by atoms with Crippen LogP contribution in [0.2, 0.25) is 0 Å². The SMILES string of the molecule is COC(=O)C1=COC(OC2OC(CO)C(O)C(O)C2O)C2C(C)C(=O)CC12. The Labute approximate surface area is 155 Å². The van der Waals surface area contributed by atoms with Gasteiger partial charge in [0.25, 0.3) is 0 Å². The van der Waals surface area contributed by atoms with E-state index in [0.29, 0.717) is 0 Å². The zero-order valence-corrected chi connectivity index (χ0v) is 14.9. The first-order chi connectivity index (χ1) is 12.8. The summed E-state index contributed by atoms with van der Waals surface area (Å²) >= 11 is 0. The molecule has 9 atom stereocenters. The van der Waals surface area contributed by atoms with Crippen LogP contribution in [0.4, 0.5) is 0 Å². The molecule has 3 rings (SSSR count). The van der Waals surface area contributed by atoms with E-state index < -0.39 is 67.3 Å². The van der Waals surface area contributed by atoms with Crippen molar-refractivity contribution in [2.45, 2.75) is 50.3 Å². The minimum absolute atomic E-state index is 0.0623. The number of fused-ring (bicyclic) bond motifs is 1. The molecule has 2 aliphatic heterocycles. The fourth-order valence-corrected chi connectivity index (χ4v) is 3.92. The van der Waals surface area contributed by atoms with E-state index in [1.54, 1.807) is 6.92 Å². The van der Waals surface area contributed by atoms with Crippen molar-refractivity contribution in [1.29, 1.82) is 0 Å². The molecular formula is C17H24O10. The maximum absolute atomic E-state index is 12.2. The van der Waals surface area contributed by atoms with Crippen molar-refractivity contribution in [2.24, 2.45) is 17.8 Å². The van der Waals surface area contributed by atoms with Crippen LogP contribution in [0.5, 0.6) is 0 Å².